The molecule has 0 fully saturated rings. The monoisotopic (exact) mass is 425 g/mol. The van der Waals surface area contributed by atoms with Crippen molar-refractivity contribution in [1.29, 1.82) is 0 Å². The average molecular weight is 425 g/mol. The van der Waals surface area contributed by atoms with Crippen molar-refractivity contribution in [3.8, 4) is 15.4 Å². The van der Waals surface area contributed by atoms with Crippen LogP contribution in [-0.4, -0.2) is 11.0 Å². The molecule has 0 bridgehead atoms. The predicted octanol–water partition coefficient (Wildman–Crippen LogP) is 3.43. The van der Waals surface area contributed by atoms with E-state index in [1.807, 2.05) is 65.5 Å². The van der Waals surface area contributed by atoms with Crippen molar-refractivity contribution in [2.24, 2.45) is 5.10 Å². The normalized spacial score (nSPS) is 11.0. The Morgan fingerprint density at radius 3 is 2.06 bits per heavy atom. The Bertz CT molecular complexity index is 1490. The SMILES string of the molecule is O=CN(N=c1c(=O)c2ccccc2c1=O)c1cc(-c2ccccc2)sc1-n1cccc1. The highest BCUT2D eigenvalue weighted by Gasteiger charge is 2.19. The molecule has 2 heterocycles. The molecule has 31 heavy (non-hydrogen) atoms. The number of hydrogen-bond acceptors (Lipinski definition) is 5. The Kier molecular flexibility index (Phi) is 4.65. The molecule has 5 rings (SSSR count). The fourth-order valence-corrected chi connectivity index (χ4v) is 4.62. The van der Waals surface area contributed by atoms with E-state index in [2.05, 4.69) is 5.10 Å². The summed E-state index contributed by atoms with van der Waals surface area (Å²) in [6.45, 7) is 0. The molecule has 0 unspecified atom stereocenters. The van der Waals surface area contributed by atoms with Crippen LogP contribution in [0.5, 0.6) is 0 Å². The van der Waals surface area contributed by atoms with Gasteiger partial charge < -0.3 is 4.57 Å². The van der Waals surface area contributed by atoms with Gasteiger partial charge in [0, 0.05) is 28.0 Å². The lowest BCUT2D eigenvalue weighted by atomic mass is 10.2. The van der Waals surface area contributed by atoms with Gasteiger partial charge in [0.05, 0.1) is 0 Å². The zero-order chi connectivity index (χ0) is 21.4. The molecule has 0 atom stereocenters. The van der Waals surface area contributed by atoms with Gasteiger partial charge in [-0.1, -0.05) is 54.6 Å². The number of carbonyl (C=O) groups excluding carboxylic acids is 1. The van der Waals surface area contributed by atoms with E-state index in [-0.39, 0.29) is 5.36 Å². The first-order chi connectivity index (χ1) is 15.2. The molecule has 1 amide bonds. The topological polar surface area (TPSA) is 71.7 Å². The molecule has 6 nitrogen and oxygen atoms in total. The summed E-state index contributed by atoms with van der Waals surface area (Å²) in [6, 6.07) is 21.9. The molecular formula is C24H15N3O3S. The second kappa shape index (κ2) is 7.62. The standard InChI is InChI=1S/C24H15N3O3S/c28-15-27(25-21-22(29)17-10-4-5-11-18(17)23(21)30)19-14-20(16-8-2-1-3-9-16)31-24(19)26-12-6-7-13-26/h1-15H. The van der Waals surface area contributed by atoms with Gasteiger partial charge in [-0.15, -0.1) is 11.3 Å². The number of fused-ring (bicyclic) bond motifs is 1. The van der Waals surface area contributed by atoms with Crippen LogP contribution in [0.1, 0.15) is 0 Å². The van der Waals surface area contributed by atoms with Crippen LogP contribution in [-0.2, 0) is 4.79 Å². The maximum atomic E-state index is 12.7. The van der Waals surface area contributed by atoms with Gasteiger partial charge in [-0.2, -0.15) is 10.1 Å². The lowest BCUT2D eigenvalue weighted by Crippen LogP contribution is -2.35. The highest BCUT2D eigenvalue weighted by Crippen LogP contribution is 2.39. The molecule has 0 aliphatic rings. The fourth-order valence-electron chi connectivity index (χ4n) is 3.51. The van der Waals surface area contributed by atoms with Crippen LogP contribution in [0.4, 0.5) is 5.69 Å². The first-order valence-corrected chi connectivity index (χ1v) is 10.3. The first kappa shape index (κ1) is 18.9. The van der Waals surface area contributed by atoms with Gasteiger partial charge in [0.1, 0.15) is 10.7 Å². The number of amides is 1. The lowest BCUT2D eigenvalue weighted by Gasteiger charge is -2.11. The summed E-state index contributed by atoms with van der Waals surface area (Å²) < 4.78 is 1.87. The lowest BCUT2D eigenvalue weighted by molar-refractivity contribution is -0.107. The van der Waals surface area contributed by atoms with Crippen molar-refractivity contribution in [3.63, 3.8) is 0 Å². The second-order valence-electron chi connectivity index (χ2n) is 6.86. The van der Waals surface area contributed by atoms with Crippen molar-refractivity contribution in [2.75, 3.05) is 5.01 Å². The first-order valence-electron chi connectivity index (χ1n) is 9.51. The second-order valence-corrected chi connectivity index (χ2v) is 7.89. The largest absolute Gasteiger partial charge is 0.314 e. The third-order valence-electron chi connectivity index (χ3n) is 4.99. The number of rotatable bonds is 5. The Morgan fingerprint density at radius 1 is 0.839 bits per heavy atom. The van der Waals surface area contributed by atoms with Gasteiger partial charge >= 0.3 is 0 Å². The van der Waals surface area contributed by atoms with Crippen LogP contribution >= 0.6 is 11.3 Å². The van der Waals surface area contributed by atoms with Gasteiger partial charge in [-0.25, -0.2) is 0 Å². The predicted molar refractivity (Wildman–Crippen MR) is 122 cm³/mol. The van der Waals surface area contributed by atoms with E-state index >= 15 is 0 Å². The molecule has 0 spiro atoms. The van der Waals surface area contributed by atoms with Crippen LogP contribution in [0.3, 0.4) is 0 Å². The third kappa shape index (κ3) is 3.21. The van der Waals surface area contributed by atoms with Gasteiger partial charge in [0.2, 0.25) is 17.3 Å². The van der Waals surface area contributed by atoms with E-state index in [9.17, 15) is 14.4 Å². The molecule has 0 N–H and O–H groups in total. The molecule has 7 heteroatoms. The minimum Gasteiger partial charge on any atom is -0.314 e. The van der Waals surface area contributed by atoms with Gasteiger partial charge in [-0.05, 0) is 23.8 Å². The molecule has 0 saturated heterocycles. The van der Waals surface area contributed by atoms with Gasteiger partial charge in [0.25, 0.3) is 0 Å². The summed E-state index contributed by atoms with van der Waals surface area (Å²) in [6.07, 6.45) is 4.24. The van der Waals surface area contributed by atoms with Crippen LogP contribution < -0.4 is 21.2 Å². The molecule has 5 aromatic rings. The van der Waals surface area contributed by atoms with E-state index in [1.54, 1.807) is 24.3 Å². The molecule has 0 radical (unpaired) electrons. The number of hydrogen-bond donors (Lipinski definition) is 0. The summed E-state index contributed by atoms with van der Waals surface area (Å²) in [5.74, 6) is 0. The van der Waals surface area contributed by atoms with E-state index < -0.39 is 10.9 Å². The number of benzene rings is 2. The number of carbonyl (C=O) groups is 1. The number of nitrogens with zero attached hydrogens (tertiary/aromatic N) is 3. The molecule has 150 valence electrons. The minimum atomic E-state index is -0.478. The third-order valence-corrected chi connectivity index (χ3v) is 6.18. The maximum Gasteiger partial charge on any atom is 0.234 e. The highest BCUT2D eigenvalue weighted by molar-refractivity contribution is 7.18. The summed E-state index contributed by atoms with van der Waals surface area (Å²) >= 11 is 1.48. The average Bonchev–Trinajstić information content (AvgIpc) is 3.54. The van der Waals surface area contributed by atoms with Crippen molar-refractivity contribution in [1.82, 2.24) is 4.57 Å². The Labute approximate surface area is 180 Å². The van der Waals surface area contributed by atoms with Crippen molar-refractivity contribution in [2.45, 2.75) is 0 Å². The van der Waals surface area contributed by atoms with Crippen molar-refractivity contribution < 1.29 is 4.79 Å². The number of anilines is 1. The Hall–Kier alpha value is -4.10. The number of thiophene rings is 1. The maximum absolute atomic E-state index is 12.7. The van der Waals surface area contributed by atoms with Crippen LogP contribution in [0.15, 0.2) is 99.9 Å². The van der Waals surface area contributed by atoms with Crippen LogP contribution in [0.25, 0.3) is 26.2 Å². The number of aromatic nitrogens is 1. The van der Waals surface area contributed by atoms with Crippen molar-refractivity contribution in [3.05, 3.63) is 111 Å². The minimum absolute atomic E-state index is 0.265. The molecule has 0 saturated carbocycles. The quantitative estimate of drug-likeness (QED) is 0.320. The highest BCUT2D eigenvalue weighted by atomic mass is 32.1. The smallest absolute Gasteiger partial charge is 0.234 e. The zero-order valence-electron chi connectivity index (χ0n) is 16.1. The van der Waals surface area contributed by atoms with E-state index in [4.69, 9.17) is 0 Å². The Morgan fingerprint density at radius 2 is 1.45 bits per heavy atom. The van der Waals surface area contributed by atoms with Gasteiger partial charge in [-0.3, -0.25) is 14.4 Å². The van der Waals surface area contributed by atoms with E-state index in [0.29, 0.717) is 22.9 Å². The summed E-state index contributed by atoms with van der Waals surface area (Å²) in [4.78, 5) is 38.4. The molecule has 0 aliphatic heterocycles. The molecular weight excluding hydrogens is 410 g/mol. The van der Waals surface area contributed by atoms with Crippen LogP contribution in [0.2, 0.25) is 0 Å². The molecule has 3 aromatic carbocycles. The van der Waals surface area contributed by atoms with Gasteiger partial charge in [0.15, 0.2) is 5.36 Å². The summed E-state index contributed by atoms with van der Waals surface area (Å²) in [5.41, 5.74) is 0.521. The zero-order valence-corrected chi connectivity index (χ0v) is 17.0. The summed E-state index contributed by atoms with van der Waals surface area (Å²) in [7, 11) is 0. The Balaban J connectivity index is 1.73. The van der Waals surface area contributed by atoms with E-state index in [0.717, 1.165) is 20.5 Å². The summed E-state index contributed by atoms with van der Waals surface area (Å²) in [5, 5.41) is 6.35. The fraction of sp³-hybridized carbons (Fsp3) is 0. The van der Waals surface area contributed by atoms with E-state index in [1.165, 1.54) is 11.3 Å². The van der Waals surface area contributed by atoms with Crippen LogP contribution in [0, 0.1) is 0 Å². The van der Waals surface area contributed by atoms with Crippen molar-refractivity contribution >= 4 is 34.2 Å². The molecule has 2 aromatic heterocycles. The molecule has 0 aliphatic carbocycles.